The fraction of sp³-hybridized carbons (Fsp3) is 0.407. The number of hydrogen-bond acceptors (Lipinski definition) is 8. The van der Waals surface area contributed by atoms with Crippen molar-refractivity contribution in [2.75, 3.05) is 36.4 Å². The number of H-pyrrole nitrogens is 1. The number of aromatic nitrogens is 4. The number of nitrogens with one attached hydrogen (secondary N) is 3. The van der Waals surface area contributed by atoms with E-state index in [9.17, 15) is 14.4 Å². The predicted molar refractivity (Wildman–Crippen MR) is 147 cm³/mol. The van der Waals surface area contributed by atoms with E-state index in [1.807, 2.05) is 30.3 Å². The lowest BCUT2D eigenvalue weighted by Gasteiger charge is -2.38. The second kappa shape index (κ2) is 12.5. The van der Waals surface area contributed by atoms with Crippen LogP contribution in [0.2, 0.25) is 0 Å². The van der Waals surface area contributed by atoms with Gasteiger partial charge in [-0.15, -0.1) is 5.10 Å². The van der Waals surface area contributed by atoms with Crippen LogP contribution in [-0.2, 0) is 16.0 Å². The molecule has 0 bridgehead atoms. The Kier molecular flexibility index (Phi) is 8.87. The Balaban J connectivity index is 1.39. The van der Waals surface area contributed by atoms with Crippen molar-refractivity contribution < 1.29 is 14.4 Å². The molecule has 0 saturated carbocycles. The molecule has 4 rings (SSSR count). The Bertz CT molecular complexity index is 1250. The molecule has 3 aromatic rings. The number of hydrogen-bond donors (Lipinski definition) is 4. The Hall–Kier alpha value is -4.32. The standard InChI is InChI=1S/C27H35N9O3/c1-27(2,28)25(39)29-21(13-8-11-19-9-4-3-5-10-19)24(38)36-17-15-35(16-18-36)22-14-7-6-12-20(22)23(37)30-26-31-33-34-32-26/h3-7,9-10,12,14,21H,8,11,13,15-18,28H2,1-2H3,(H,29,39)(H2,30,31,32,33,34,37)/t21-/m1/s1. The van der Waals surface area contributed by atoms with Gasteiger partial charge in [0.2, 0.25) is 11.8 Å². The van der Waals surface area contributed by atoms with Crippen molar-refractivity contribution in [3.63, 3.8) is 0 Å². The summed E-state index contributed by atoms with van der Waals surface area (Å²) in [5.74, 6) is -0.744. The van der Waals surface area contributed by atoms with Gasteiger partial charge >= 0.3 is 0 Å². The largest absolute Gasteiger partial charge is 0.367 e. The summed E-state index contributed by atoms with van der Waals surface area (Å²) in [6, 6.07) is 16.7. The molecule has 1 saturated heterocycles. The number of nitrogens with zero attached hydrogens (tertiary/aromatic N) is 5. The maximum absolute atomic E-state index is 13.6. The molecule has 1 aliphatic rings. The van der Waals surface area contributed by atoms with E-state index in [0.29, 0.717) is 38.2 Å². The summed E-state index contributed by atoms with van der Waals surface area (Å²) in [5.41, 5.74) is 7.31. The summed E-state index contributed by atoms with van der Waals surface area (Å²) in [6.45, 7) is 5.22. The summed E-state index contributed by atoms with van der Waals surface area (Å²) in [5, 5.41) is 18.8. The topological polar surface area (TPSA) is 162 Å². The monoisotopic (exact) mass is 533 g/mol. The fourth-order valence-electron chi connectivity index (χ4n) is 4.47. The number of tetrazole rings is 1. The number of amides is 3. The van der Waals surface area contributed by atoms with Crippen LogP contribution in [0.3, 0.4) is 0 Å². The van der Waals surface area contributed by atoms with Crippen LogP contribution in [0.25, 0.3) is 0 Å². The molecule has 206 valence electrons. The molecular formula is C27H35N9O3. The molecule has 0 radical (unpaired) electrons. The first kappa shape index (κ1) is 27.7. The van der Waals surface area contributed by atoms with Gasteiger partial charge in [0.15, 0.2) is 0 Å². The minimum atomic E-state index is -1.09. The Morgan fingerprint density at radius 2 is 1.72 bits per heavy atom. The van der Waals surface area contributed by atoms with Gasteiger partial charge in [-0.2, -0.15) is 5.21 Å². The number of carbonyl (C=O) groups excluding carboxylic acids is 3. The van der Waals surface area contributed by atoms with Crippen LogP contribution in [0.15, 0.2) is 54.6 Å². The van der Waals surface area contributed by atoms with Gasteiger partial charge in [-0.1, -0.05) is 47.6 Å². The molecule has 2 heterocycles. The summed E-state index contributed by atoms with van der Waals surface area (Å²) in [6.07, 6.45) is 2.06. The van der Waals surface area contributed by atoms with E-state index in [2.05, 4.69) is 48.3 Å². The molecule has 12 heteroatoms. The van der Waals surface area contributed by atoms with Crippen LogP contribution in [0.1, 0.15) is 42.6 Å². The third-order valence-corrected chi connectivity index (χ3v) is 6.64. The van der Waals surface area contributed by atoms with E-state index < -0.39 is 11.6 Å². The molecule has 1 atom stereocenters. The minimum Gasteiger partial charge on any atom is -0.367 e. The van der Waals surface area contributed by atoms with Crippen molar-refractivity contribution in [3.8, 4) is 0 Å². The van der Waals surface area contributed by atoms with Gasteiger partial charge in [-0.3, -0.25) is 19.7 Å². The molecule has 1 fully saturated rings. The second-order valence-corrected chi connectivity index (χ2v) is 10.1. The highest BCUT2D eigenvalue weighted by atomic mass is 16.2. The highest BCUT2D eigenvalue weighted by Gasteiger charge is 2.32. The molecule has 3 amide bonds. The van der Waals surface area contributed by atoms with Gasteiger partial charge in [-0.05, 0) is 56.0 Å². The van der Waals surface area contributed by atoms with E-state index in [1.54, 1.807) is 30.9 Å². The summed E-state index contributed by atoms with van der Waals surface area (Å²) in [4.78, 5) is 42.9. The average molecular weight is 534 g/mol. The lowest BCUT2D eigenvalue weighted by atomic mass is 10.0. The number of para-hydroxylation sites is 1. The first-order valence-corrected chi connectivity index (χ1v) is 13.0. The van der Waals surface area contributed by atoms with Crippen LogP contribution < -0.4 is 21.3 Å². The number of benzene rings is 2. The maximum atomic E-state index is 13.6. The molecule has 0 unspecified atom stereocenters. The summed E-state index contributed by atoms with van der Waals surface area (Å²) < 4.78 is 0. The van der Waals surface area contributed by atoms with E-state index in [-0.39, 0.29) is 23.7 Å². The molecule has 2 aromatic carbocycles. The van der Waals surface area contributed by atoms with E-state index in [0.717, 1.165) is 18.5 Å². The molecule has 39 heavy (non-hydrogen) atoms. The second-order valence-electron chi connectivity index (χ2n) is 10.1. The van der Waals surface area contributed by atoms with Gasteiger partial charge in [0.1, 0.15) is 6.04 Å². The maximum Gasteiger partial charge on any atom is 0.270 e. The third kappa shape index (κ3) is 7.38. The number of aromatic amines is 1. The Morgan fingerprint density at radius 3 is 2.38 bits per heavy atom. The minimum absolute atomic E-state index is 0.0891. The van der Waals surface area contributed by atoms with E-state index in [1.165, 1.54) is 5.56 Å². The smallest absolute Gasteiger partial charge is 0.270 e. The zero-order chi connectivity index (χ0) is 27.8. The molecule has 1 aromatic heterocycles. The molecule has 0 spiro atoms. The summed E-state index contributed by atoms with van der Waals surface area (Å²) in [7, 11) is 0. The Labute approximate surface area is 227 Å². The van der Waals surface area contributed by atoms with Crippen LogP contribution >= 0.6 is 0 Å². The highest BCUT2D eigenvalue weighted by Crippen LogP contribution is 2.23. The van der Waals surface area contributed by atoms with Crippen LogP contribution in [-0.4, -0.2) is 81.0 Å². The number of anilines is 2. The highest BCUT2D eigenvalue weighted by molar-refractivity contribution is 6.07. The van der Waals surface area contributed by atoms with Crippen LogP contribution in [0, 0.1) is 0 Å². The SMILES string of the molecule is CC(C)(N)C(=O)N[C@H](CCCc1ccccc1)C(=O)N1CCN(c2ccccc2C(=O)Nc2nn[nH]n2)CC1. The first-order valence-electron chi connectivity index (χ1n) is 13.0. The van der Waals surface area contributed by atoms with Gasteiger partial charge in [-0.25, -0.2) is 0 Å². The number of carbonyl (C=O) groups is 3. The van der Waals surface area contributed by atoms with Crippen molar-refractivity contribution in [1.82, 2.24) is 30.8 Å². The van der Waals surface area contributed by atoms with Gasteiger partial charge in [0.25, 0.3) is 11.9 Å². The normalized spacial score (nSPS) is 14.5. The van der Waals surface area contributed by atoms with E-state index in [4.69, 9.17) is 5.73 Å². The van der Waals surface area contributed by atoms with Crippen LogP contribution in [0.5, 0.6) is 0 Å². The van der Waals surface area contributed by atoms with Crippen molar-refractivity contribution in [3.05, 3.63) is 65.7 Å². The van der Waals surface area contributed by atoms with Crippen molar-refractivity contribution in [2.45, 2.75) is 44.7 Å². The molecule has 1 aliphatic heterocycles. The fourth-order valence-corrected chi connectivity index (χ4v) is 4.47. The molecule has 12 nitrogen and oxygen atoms in total. The zero-order valence-corrected chi connectivity index (χ0v) is 22.3. The molecule has 5 N–H and O–H groups in total. The van der Waals surface area contributed by atoms with Crippen molar-refractivity contribution in [1.29, 1.82) is 0 Å². The van der Waals surface area contributed by atoms with Gasteiger partial charge in [0.05, 0.1) is 11.1 Å². The third-order valence-electron chi connectivity index (χ3n) is 6.64. The number of rotatable bonds is 10. The number of nitrogens with two attached hydrogens (primary N) is 1. The molecular weight excluding hydrogens is 498 g/mol. The average Bonchev–Trinajstić information content (AvgIpc) is 3.45. The zero-order valence-electron chi connectivity index (χ0n) is 22.3. The van der Waals surface area contributed by atoms with Crippen molar-refractivity contribution in [2.24, 2.45) is 5.73 Å². The van der Waals surface area contributed by atoms with Gasteiger partial charge in [0, 0.05) is 31.9 Å². The summed E-state index contributed by atoms with van der Waals surface area (Å²) >= 11 is 0. The van der Waals surface area contributed by atoms with Crippen molar-refractivity contribution >= 4 is 29.4 Å². The first-order chi connectivity index (χ1) is 18.7. The van der Waals surface area contributed by atoms with E-state index >= 15 is 0 Å². The predicted octanol–water partition coefficient (Wildman–Crippen LogP) is 1.35. The number of aryl methyl sites for hydroxylation is 1. The van der Waals surface area contributed by atoms with Gasteiger partial charge < -0.3 is 20.9 Å². The van der Waals surface area contributed by atoms with Crippen LogP contribution in [0.4, 0.5) is 11.6 Å². The Morgan fingerprint density at radius 1 is 1.03 bits per heavy atom. The molecule has 0 aliphatic carbocycles. The number of piperazine rings is 1. The lowest BCUT2D eigenvalue weighted by Crippen LogP contribution is -2.58. The quantitative estimate of drug-likeness (QED) is 0.303. The lowest BCUT2D eigenvalue weighted by molar-refractivity contribution is -0.138.